The second-order valence-corrected chi connectivity index (χ2v) is 6.79. The van der Waals surface area contributed by atoms with Crippen molar-refractivity contribution in [2.45, 2.75) is 4.90 Å². The van der Waals surface area contributed by atoms with Gasteiger partial charge in [-0.15, -0.1) is 0 Å². The number of H-pyrrole nitrogens is 1. The third kappa shape index (κ3) is 2.53. The Hall–Kier alpha value is -1.89. The molecule has 0 atom stereocenters. The summed E-state index contributed by atoms with van der Waals surface area (Å²) in [5.41, 5.74) is 2.26. The highest BCUT2D eigenvalue weighted by Gasteiger charge is 2.12. The summed E-state index contributed by atoms with van der Waals surface area (Å²) in [6.07, 6.45) is 3.35. The molecular formula is C14H12ClN3O2S. The Labute approximate surface area is 127 Å². The minimum absolute atomic E-state index is 0.211. The molecule has 0 spiro atoms. The van der Waals surface area contributed by atoms with Gasteiger partial charge in [0.25, 0.3) is 0 Å². The monoisotopic (exact) mass is 321 g/mol. The first-order valence-corrected chi connectivity index (χ1v) is 8.04. The fourth-order valence-corrected chi connectivity index (χ4v) is 3.06. The lowest BCUT2D eigenvalue weighted by Crippen LogP contribution is -2.18. The predicted molar refractivity (Wildman–Crippen MR) is 82.8 cm³/mol. The van der Waals surface area contributed by atoms with Crippen molar-refractivity contribution in [3.05, 3.63) is 47.7 Å². The molecule has 0 radical (unpaired) electrons. The summed E-state index contributed by atoms with van der Waals surface area (Å²) in [5, 5.41) is 1.38. The van der Waals surface area contributed by atoms with E-state index in [-0.39, 0.29) is 4.90 Å². The Morgan fingerprint density at radius 2 is 2.05 bits per heavy atom. The smallest absolute Gasteiger partial charge is 0.240 e. The Balaban J connectivity index is 2.14. The maximum Gasteiger partial charge on any atom is 0.240 e. The quantitative estimate of drug-likeness (QED) is 0.779. The number of fused-ring (bicyclic) bond motifs is 1. The lowest BCUT2D eigenvalue weighted by molar-refractivity contribution is 0.588. The molecule has 108 valence electrons. The van der Waals surface area contributed by atoms with Crippen LogP contribution in [0.1, 0.15) is 0 Å². The summed E-state index contributed by atoms with van der Waals surface area (Å²) in [6, 6.07) is 8.56. The molecule has 0 unspecified atom stereocenters. The van der Waals surface area contributed by atoms with Crippen LogP contribution in [0.3, 0.4) is 0 Å². The minimum Gasteiger partial charge on any atom is -0.345 e. The van der Waals surface area contributed by atoms with Gasteiger partial charge in [-0.25, -0.2) is 18.1 Å². The van der Waals surface area contributed by atoms with Gasteiger partial charge in [-0.1, -0.05) is 23.7 Å². The van der Waals surface area contributed by atoms with Crippen molar-refractivity contribution in [2.24, 2.45) is 0 Å². The number of benzene rings is 1. The van der Waals surface area contributed by atoms with Gasteiger partial charge in [0.1, 0.15) is 5.65 Å². The molecule has 5 nitrogen and oxygen atoms in total. The van der Waals surface area contributed by atoms with Crippen LogP contribution in [0.4, 0.5) is 0 Å². The van der Waals surface area contributed by atoms with E-state index < -0.39 is 10.0 Å². The van der Waals surface area contributed by atoms with Crippen LogP contribution >= 0.6 is 11.6 Å². The van der Waals surface area contributed by atoms with Gasteiger partial charge in [0.15, 0.2) is 0 Å². The van der Waals surface area contributed by atoms with Crippen molar-refractivity contribution in [2.75, 3.05) is 7.05 Å². The Morgan fingerprint density at radius 3 is 2.81 bits per heavy atom. The Kier molecular flexibility index (Phi) is 3.44. The molecule has 0 bridgehead atoms. The van der Waals surface area contributed by atoms with Gasteiger partial charge in [-0.2, -0.15) is 0 Å². The van der Waals surface area contributed by atoms with Gasteiger partial charge in [0, 0.05) is 23.3 Å². The molecule has 7 heteroatoms. The second-order valence-electron chi connectivity index (χ2n) is 4.49. The number of aromatic amines is 1. The van der Waals surface area contributed by atoms with Crippen LogP contribution in [0.15, 0.2) is 47.6 Å². The molecule has 0 aliphatic heterocycles. The van der Waals surface area contributed by atoms with Crippen molar-refractivity contribution in [1.29, 1.82) is 0 Å². The first kappa shape index (κ1) is 14.1. The summed E-state index contributed by atoms with van der Waals surface area (Å²) in [6.45, 7) is 0. The molecule has 3 rings (SSSR count). The highest BCUT2D eigenvalue weighted by Crippen LogP contribution is 2.28. The van der Waals surface area contributed by atoms with Crippen molar-refractivity contribution in [1.82, 2.24) is 14.7 Å². The molecule has 2 heterocycles. The number of halogens is 1. The normalized spacial score (nSPS) is 11.9. The molecule has 1 aromatic carbocycles. The molecule has 0 fully saturated rings. The topological polar surface area (TPSA) is 74.8 Å². The maximum absolute atomic E-state index is 11.9. The van der Waals surface area contributed by atoms with Crippen LogP contribution in [-0.4, -0.2) is 25.4 Å². The third-order valence-corrected chi connectivity index (χ3v) is 4.95. The minimum atomic E-state index is -3.47. The highest BCUT2D eigenvalue weighted by atomic mass is 35.5. The average molecular weight is 322 g/mol. The molecule has 2 N–H and O–H groups in total. The van der Waals surface area contributed by atoms with Crippen LogP contribution in [0.5, 0.6) is 0 Å². The zero-order valence-corrected chi connectivity index (χ0v) is 12.7. The molecule has 0 aliphatic rings. The lowest BCUT2D eigenvalue weighted by Gasteiger charge is -2.06. The fraction of sp³-hybridized carbons (Fsp3) is 0.0714. The average Bonchev–Trinajstić information content (AvgIpc) is 2.88. The van der Waals surface area contributed by atoms with Gasteiger partial charge in [0.05, 0.1) is 9.92 Å². The first-order valence-electron chi connectivity index (χ1n) is 6.18. The van der Waals surface area contributed by atoms with Gasteiger partial charge in [-0.05, 0) is 30.8 Å². The molecule has 0 saturated heterocycles. The van der Waals surface area contributed by atoms with E-state index in [1.807, 2.05) is 12.1 Å². The molecule has 21 heavy (non-hydrogen) atoms. The second kappa shape index (κ2) is 5.14. The highest BCUT2D eigenvalue weighted by molar-refractivity contribution is 7.89. The molecule has 0 aliphatic carbocycles. The fourth-order valence-electron chi connectivity index (χ4n) is 2.09. The largest absolute Gasteiger partial charge is 0.345 e. The molecular weight excluding hydrogens is 310 g/mol. The predicted octanol–water partition coefficient (Wildman–Crippen LogP) is 2.79. The summed E-state index contributed by atoms with van der Waals surface area (Å²) < 4.78 is 26.0. The summed E-state index contributed by atoms with van der Waals surface area (Å²) in [7, 11) is -2.09. The maximum atomic E-state index is 11.9. The molecule has 0 saturated carbocycles. The van der Waals surface area contributed by atoms with E-state index in [9.17, 15) is 8.42 Å². The van der Waals surface area contributed by atoms with E-state index in [2.05, 4.69) is 14.7 Å². The molecule has 2 aromatic heterocycles. The lowest BCUT2D eigenvalue weighted by atomic mass is 10.1. The standard InChI is InChI=1S/C14H12ClN3O2S/c1-16-21(19,20)11-4-2-3-9(5-11)10-6-12-13(15)8-18-14(12)17-7-10/h2-8,16H,1H3,(H,17,18). The SMILES string of the molecule is CNS(=O)(=O)c1cccc(-c2cnc3[nH]cc(Cl)c3c2)c1. The zero-order valence-electron chi connectivity index (χ0n) is 11.1. The number of rotatable bonds is 3. The van der Waals surface area contributed by atoms with E-state index >= 15 is 0 Å². The van der Waals surface area contributed by atoms with Crippen LogP contribution in [0.2, 0.25) is 5.02 Å². The number of pyridine rings is 1. The zero-order chi connectivity index (χ0) is 15.0. The van der Waals surface area contributed by atoms with Gasteiger partial charge in [-0.3, -0.25) is 0 Å². The van der Waals surface area contributed by atoms with Crippen LogP contribution in [0.25, 0.3) is 22.2 Å². The number of hydrogen-bond acceptors (Lipinski definition) is 3. The van der Waals surface area contributed by atoms with E-state index in [4.69, 9.17) is 11.6 Å². The summed E-state index contributed by atoms with van der Waals surface area (Å²) in [4.78, 5) is 7.46. The van der Waals surface area contributed by atoms with Crippen LogP contribution in [-0.2, 0) is 10.0 Å². The van der Waals surface area contributed by atoms with Crippen LogP contribution < -0.4 is 4.72 Å². The van der Waals surface area contributed by atoms with Gasteiger partial charge in [0.2, 0.25) is 10.0 Å². The van der Waals surface area contributed by atoms with Gasteiger partial charge >= 0.3 is 0 Å². The van der Waals surface area contributed by atoms with Crippen molar-refractivity contribution < 1.29 is 8.42 Å². The molecule has 3 aromatic rings. The Bertz CT molecular complexity index is 919. The van der Waals surface area contributed by atoms with Crippen molar-refractivity contribution in [3.63, 3.8) is 0 Å². The summed E-state index contributed by atoms with van der Waals surface area (Å²) in [5.74, 6) is 0. The van der Waals surface area contributed by atoms with E-state index in [1.165, 1.54) is 7.05 Å². The number of nitrogens with one attached hydrogen (secondary N) is 2. The third-order valence-electron chi connectivity index (χ3n) is 3.23. The number of hydrogen-bond donors (Lipinski definition) is 2. The molecule has 0 amide bonds. The van der Waals surface area contributed by atoms with E-state index in [0.29, 0.717) is 10.7 Å². The van der Waals surface area contributed by atoms with E-state index in [1.54, 1.807) is 30.6 Å². The van der Waals surface area contributed by atoms with Crippen molar-refractivity contribution in [3.8, 4) is 11.1 Å². The first-order chi connectivity index (χ1) is 10.0. The number of aromatic nitrogens is 2. The van der Waals surface area contributed by atoms with E-state index in [0.717, 1.165) is 16.5 Å². The Morgan fingerprint density at radius 1 is 1.24 bits per heavy atom. The van der Waals surface area contributed by atoms with Crippen molar-refractivity contribution >= 4 is 32.7 Å². The van der Waals surface area contributed by atoms with Gasteiger partial charge < -0.3 is 4.98 Å². The number of nitrogens with zero attached hydrogens (tertiary/aromatic N) is 1. The van der Waals surface area contributed by atoms with Crippen LogP contribution in [0, 0.1) is 0 Å². The summed E-state index contributed by atoms with van der Waals surface area (Å²) >= 11 is 6.08. The number of sulfonamides is 1.